The van der Waals surface area contributed by atoms with Crippen LogP contribution in [0.4, 0.5) is 31.8 Å². The molecule has 0 aliphatic rings. The second-order valence-electron chi connectivity index (χ2n) is 9.66. The van der Waals surface area contributed by atoms with Gasteiger partial charge in [-0.15, -0.1) is 0 Å². The summed E-state index contributed by atoms with van der Waals surface area (Å²) >= 11 is 0. The maximum Gasteiger partial charge on any atom is 0.247 e. The third-order valence-corrected chi connectivity index (χ3v) is 6.47. The number of nitrogens with zero attached hydrogens (tertiary/aromatic N) is 4. The molecule has 2 aromatic heterocycles. The van der Waals surface area contributed by atoms with E-state index in [9.17, 15) is 9.59 Å². The minimum Gasteiger partial charge on any atom is -0.494 e. The van der Waals surface area contributed by atoms with Gasteiger partial charge in [0, 0.05) is 42.5 Å². The van der Waals surface area contributed by atoms with E-state index >= 15 is 8.78 Å². The molecule has 13 heteroatoms. The Balaban J connectivity index is 1.87. The largest absolute Gasteiger partial charge is 0.494 e. The van der Waals surface area contributed by atoms with Crippen molar-refractivity contribution in [3.63, 3.8) is 0 Å². The van der Waals surface area contributed by atoms with Gasteiger partial charge in [-0.3, -0.25) is 14.6 Å². The summed E-state index contributed by atoms with van der Waals surface area (Å²) in [5.41, 5.74) is 1.28. The smallest absolute Gasteiger partial charge is 0.247 e. The van der Waals surface area contributed by atoms with Crippen LogP contribution < -0.4 is 25.4 Å². The molecule has 0 bridgehead atoms. The Morgan fingerprint density at radius 3 is 2.37 bits per heavy atom. The summed E-state index contributed by atoms with van der Waals surface area (Å²) in [4.78, 5) is 40.9. The molecule has 0 atom stereocenters. The number of pyridine rings is 1. The summed E-state index contributed by atoms with van der Waals surface area (Å²) < 4.78 is 40.7. The highest BCUT2D eigenvalue weighted by molar-refractivity contribution is 6.16. The number of methoxy groups -OCH3 is 2. The van der Waals surface area contributed by atoms with Gasteiger partial charge >= 0.3 is 0 Å². The first-order chi connectivity index (χ1) is 20.6. The summed E-state index contributed by atoms with van der Waals surface area (Å²) in [5, 5.41) is 9.57. The second-order valence-corrected chi connectivity index (χ2v) is 9.66. The summed E-state index contributed by atoms with van der Waals surface area (Å²) in [5.74, 6) is -4.23. The third-order valence-electron chi connectivity index (χ3n) is 6.47. The number of carbonyl (C=O) groups excluding carboxylic acids is 2. The van der Waals surface area contributed by atoms with Crippen LogP contribution in [0.15, 0.2) is 49.4 Å². The van der Waals surface area contributed by atoms with Crippen molar-refractivity contribution in [2.45, 2.75) is 6.92 Å². The van der Waals surface area contributed by atoms with Gasteiger partial charge < -0.3 is 30.3 Å². The van der Waals surface area contributed by atoms with Crippen molar-refractivity contribution < 1.29 is 27.8 Å². The van der Waals surface area contributed by atoms with Crippen molar-refractivity contribution in [2.75, 3.05) is 57.4 Å². The number of aryl methyl sites for hydroxylation is 1. The Hall–Kier alpha value is -5.17. The van der Waals surface area contributed by atoms with E-state index in [1.165, 1.54) is 26.5 Å². The molecule has 0 aliphatic heterocycles. The Kier molecular flexibility index (Phi) is 9.46. The monoisotopic (exact) mass is 591 g/mol. The number of fused-ring (bicyclic) bond motifs is 1. The molecule has 224 valence electrons. The molecule has 2 heterocycles. The SMILES string of the molecule is C=CC(=O)Nc1cncc(C)c1Nc1ncc2ccc(C(=O)c3c(F)c(OC)cc(OC)c3F)c(NCCN(C)C)c2n1. The quantitative estimate of drug-likeness (QED) is 0.157. The number of aromatic nitrogens is 3. The van der Waals surface area contributed by atoms with Crippen molar-refractivity contribution in [3.8, 4) is 11.5 Å². The molecular formula is C30H31F2N7O4. The van der Waals surface area contributed by atoms with Crippen molar-refractivity contribution >= 4 is 45.6 Å². The van der Waals surface area contributed by atoms with Crippen LogP contribution in [0.1, 0.15) is 21.5 Å². The number of amides is 1. The van der Waals surface area contributed by atoms with Crippen LogP contribution in [0.3, 0.4) is 0 Å². The number of carbonyl (C=O) groups is 2. The summed E-state index contributed by atoms with van der Waals surface area (Å²) in [7, 11) is 6.18. The predicted octanol–water partition coefficient (Wildman–Crippen LogP) is 4.70. The van der Waals surface area contributed by atoms with Crippen LogP contribution in [0.25, 0.3) is 10.9 Å². The number of nitrogens with one attached hydrogen (secondary N) is 3. The lowest BCUT2D eigenvalue weighted by molar-refractivity contribution is -0.111. The number of ether oxygens (including phenoxy) is 2. The maximum atomic E-state index is 15.3. The topological polar surface area (TPSA) is 131 Å². The Bertz CT molecular complexity index is 1680. The van der Waals surface area contributed by atoms with Crippen molar-refractivity contribution in [2.24, 2.45) is 0 Å². The number of hydrogen-bond donors (Lipinski definition) is 3. The van der Waals surface area contributed by atoms with E-state index in [2.05, 4.69) is 37.5 Å². The van der Waals surface area contributed by atoms with Gasteiger partial charge in [-0.05, 0) is 38.7 Å². The zero-order chi connectivity index (χ0) is 31.3. The fourth-order valence-electron chi connectivity index (χ4n) is 4.27. The van der Waals surface area contributed by atoms with Crippen molar-refractivity contribution in [3.05, 3.63) is 77.8 Å². The molecule has 0 radical (unpaired) electrons. The van der Waals surface area contributed by atoms with E-state index in [0.717, 1.165) is 12.1 Å². The molecule has 0 aliphatic carbocycles. The molecule has 11 nitrogen and oxygen atoms in total. The van der Waals surface area contributed by atoms with Crippen LogP contribution in [0, 0.1) is 18.6 Å². The average molecular weight is 592 g/mol. The molecule has 0 saturated carbocycles. The van der Waals surface area contributed by atoms with Crippen molar-refractivity contribution in [1.29, 1.82) is 0 Å². The summed E-state index contributed by atoms with van der Waals surface area (Å²) in [6.45, 7) is 6.22. The molecule has 0 fully saturated rings. The van der Waals surface area contributed by atoms with Crippen LogP contribution in [-0.2, 0) is 4.79 Å². The molecule has 43 heavy (non-hydrogen) atoms. The zero-order valence-electron chi connectivity index (χ0n) is 24.3. The van der Waals surface area contributed by atoms with E-state index in [0.29, 0.717) is 40.9 Å². The standard InChI is InChI=1S/C30H31F2N7O4/c1-7-22(40)36-19-15-33-13-16(2)26(19)37-30-35-14-17-8-9-18(28(27(17)38-30)34-10-11-39(3)4)29(41)23-24(31)20(42-5)12-21(43-6)25(23)32/h7-9,12-15,34H,1,10-11H2,2-6H3,(H,36,40)(H,33,35,37,38). The van der Waals surface area contributed by atoms with Gasteiger partial charge in [0.2, 0.25) is 17.6 Å². The van der Waals surface area contributed by atoms with E-state index < -0.39 is 28.9 Å². The maximum absolute atomic E-state index is 15.3. The van der Waals surface area contributed by atoms with Gasteiger partial charge in [-0.1, -0.05) is 12.6 Å². The lowest BCUT2D eigenvalue weighted by Gasteiger charge is -2.18. The van der Waals surface area contributed by atoms with Gasteiger partial charge in [0.15, 0.2) is 23.1 Å². The molecule has 3 N–H and O–H groups in total. The number of ketones is 1. The molecular weight excluding hydrogens is 560 g/mol. The number of halogens is 2. The second kappa shape index (κ2) is 13.2. The Morgan fingerprint density at radius 1 is 1.05 bits per heavy atom. The van der Waals surface area contributed by atoms with Crippen LogP contribution in [0.2, 0.25) is 0 Å². The predicted molar refractivity (Wildman–Crippen MR) is 161 cm³/mol. The number of benzene rings is 2. The lowest BCUT2D eigenvalue weighted by Crippen LogP contribution is -2.22. The Morgan fingerprint density at radius 2 is 1.74 bits per heavy atom. The van der Waals surface area contributed by atoms with Crippen molar-refractivity contribution in [1.82, 2.24) is 19.9 Å². The van der Waals surface area contributed by atoms with E-state index in [1.54, 1.807) is 25.4 Å². The van der Waals surface area contributed by atoms with E-state index in [4.69, 9.17) is 9.47 Å². The summed E-state index contributed by atoms with van der Waals surface area (Å²) in [6.07, 6.45) is 5.74. The van der Waals surface area contributed by atoms with Gasteiger partial charge in [-0.2, -0.15) is 0 Å². The molecule has 0 unspecified atom stereocenters. The Labute approximate surface area is 247 Å². The number of likely N-dealkylation sites (N-methyl/N-ethyl adjacent to an activating group) is 1. The van der Waals surface area contributed by atoms with Crippen LogP contribution in [-0.4, -0.2) is 72.9 Å². The first kappa shape index (κ1) is 30.8. The normalized spacial score (nSPS) is 10.9. The number of hydrogen-bond acceptors (Lipinski definition) is 10. The summed E-state index contributed by atoms with van der Waals surface area (Å²) in [6, 6.07) is 4.08. The molecule has 4 rings (SSSR count). The number of anilines is 4. The average Bonchev–Trinajstić information content (AvgIpc) is 2.98. The highest BCUT2D eigenvalue weighted by Crippen LogP contribution is 2.36. The molecule has 4 aromatic rings. The van der Waals surface area contributed by atoms with Gasteiger partial charge in [-0.25, -0.2) is 18.7 Å². The van der Waals surface area contributed by atoms with Gasteiger partial charge in [0.05, 0.1) is 43.0 Å². The fraction of sp³-hybridized carbons (Fsp3) is 0.233. The van der Waals surface area contributed by atoms with Crippen LogP contribution in [0.5, 0.6) is 11.5 Å². The van der Waals surface area contributed by atoms with Gasteiger partial charge in [0.1, 0.15) is 5.56 Å². The first-order valence-electron chi connectivity index (χ1n) is 13.1. The zero-order valence-corrected chi connectivity index (χ0v) is 24.3. The van der Waals surface area contributed by atoms with Gasteiger partial charge in [0.25, 0.3) is 0 Å². The molecule has 0 saturated heterocycles. The third kappa shape index (κ3) is 6.51. The fourth-order valence-corrected chi connectivity index (χ4v) is 4.27. The van der Waals surface area contributed by atoms with E-state index in [-0.39, 0.29) is 28.7 Å². The highest BCUT2D eigenvalue weighted by Gasteiger charge is 2.29. The van der Waals surface area contributed by atoms with Crippen LogP contribution >= 0.6 is 0 Å². The molecule has 1 amide bonds. The minimum atomic E-state index is -1.16. The lowest BCUT2D eigenvalue weighted by atomic mass is 9.98. The molecule has 0 spiro atoms. The molecule has 2 aromatic carbocycles. The van der Waals surface area contributed by atoms with E-state index in [1.807, 2.05) is 19.0 Å². The number of rotatable bonds is 12. The minimum absolute atomic E-state index is 0.0250. The first-order valence-corrected chi connectivity index (χ1v) is 13.1. The highest BCUT2D eigenvalue weighted by atomic mass is 19.1.